The quantitative estimate of drug-likeness (QED) is 0.759. The van der Waals surface area contributed by atoms with Gasteiger partial charge < -0.3 is 9.73 Å². The minimum atomic E-state index is -0.412. The van der Waals surface area contributed by atoms with Crippen LogP contribution in [0.15, 0.2) is 27.4 Å². The number of nitrogens with zero attached hydrogens (tertiary/aromatic N) is 1. The molecule has 1 aromatic carbocycles. The highest BCUT2D eigenvalue weighted by Gasteiger charge is 2.06. The molecule has 0 spiro atoms. The first-order chi connectivity index (χ1) is 7.08. The molecule has 2 rings (SSSR count). The number of aryl methyl sites for hydroxylation is 1. The largest absolute Gasteiger partial charge is 0.419 e. The molecule has 0 saturated heterocycles. The van der Waals surface area contributed by atoms with Crippen LogP contribution >= 0.6 is 0 Å². The lowest BCUT2D eigenvalue weighted by atomic mass is 10.3. The molecule has 0 unspecified atom stereocenters. The third-order valence-electron chi connectivity index (χ3n) is 2.11. The van der Waals surface area contributed by atoms with Crippen molar-refractivity contribution in [3.05, 3.63) is 28.7 Å². The van der Waals surface area contributed by atoms with Crippen LogP contribution in [0.2, 0.25) is 0 Å². The number of anilines is 1. The number of benzene rings is 1. The van der Waals surface area contributed by atoms with Gasteiger partial charge in [0.2, 0.25) is 5.91 Å². The topological polar surface area (TPSA) is 64.2 Å². The fraction of sp³-hybridized carbons (Fsp3) is 0.200. The standard InChI is InChI=1S/C10H10N2O3/c1-6(13)11-7-3-4-8-9(5-7)15-10(14)12(8)2/h3-5H,1-2H3,(H,11,13). The van der Waals surface area contributed by atoms with Crippen LogP contribution in [0, 0.1) is 0 Å². The average molecular weight is 206 g/mol. The predicted molar refractivity (Wildman–Crippen MR) is 55.8 cm³/mol. The Balaban J connectivity index is 2.57. The number of carbonyl (C=O) groups is 1. The molecule has 0 bridgehead atoms. The van der Waals surface area contributed by atoms with Gasteiger partial charge >= 0.3 is 5.76 Å². The molecule has 1 heterocycles. The fourth-order valence-corrected chi connectivity index (χ4v) is 1.41. The molecule has 1 aromatic heterocycles. The number of hydrogen-bond acceptors (Lipinski definition) is 3. The van der Waals surface area contributed by atoms with Crippen LogP contribution in [0.3, 0.4) is 0 Å². The summed E-state index contributed by atoms with van der Waals surface area (Å²) in [5.74, 6) is -0.572. The second kappa shape index (κ2) is 3.27. The van der Waals surface area contributed by atoms with Gasteiger partial charge in [0.05, 0.1) is 5.52 Å². The summed E-state index contributed by atoms with van der Waals surface area (Å²) in [4.78, 5) is 22.0. The van der Waals surface area contributed by atoms with Crippen molar-refractivity contribution in [2.75, 3.05) is 5.32 Å². The molecule has 1 N–H and O–H groups in total. The summed E-state index contributed by atoms with van der Waals surface area (Å²) in [6.07, 6.45) is 0. The summed E-state index contributed by atoms with van der Waals surface area (Å²) in [6.45, 7) is 1.42. The van der Waals surface area contributed by atoms with Crippen LogP contribution in [0.1, 0.15) is 6.92 Å². The van der Waals surface area contributed by atoms with Gasteiger partial charge in [0.25, 0.3) is 0 Å². The van der Waals surface area contributed by atoms with E-state index in [1.165, 1.54) is 11.5 Å². The van der Waals surface area contributed by atoms with Crippen molar-refractivity contribution >= 4 is 22.7 Å². The summed E-state index contributed by atoms with van der Waals surface area (Å²) in [6, 6.07) is 5.07. The third kappa shape index (κ3) is 1.63. The van der Waals surface area contributed by atoms with Crippen LogP contribution in [-0.2, 0) is 11.8 Å². The van der Waals surface area contributed by atoms with E-state index in [4.69, 9.17) is 4.42 Å². The van der Waals surface area contributed by atoms with Gasteiger partial charge in [0, 0.05) is 25.7 Å². The maximum absolute atomic E-state index is 11.2. The summed E-state index contributed by atoms with van der Waals surface area (Å²) in [5.41, 5.74) is 1.78. The van der Waals surface area contributed by atoms with Gasteiger partial charge in [-0.3, -0.25) is 9.36 Å². The summed E-state index contributed by atoms with van der Waals surface area (Å²) >= 11 is 0. The van der Waals surface area contributed by atoms with Gasteiger partial charge in [-0.25, -0.2) is 4.79 Å². The first-order valence-electron chi connectivity index (χ1n) is 4.45. The zero-order valence-corrected chi connectivity index (χ0v) is 8.40. The van der Waals surface area contributed by atoms with E-state index in [-0.39, 0.29) is 5.91 Å². The molecular formula is C10H10N2O3. The van der Waals surface area contributed by atoms with Gasteiger partial charge in [-0.15, -0.1) is 0 Å². The number of oxazole rings is 1. The summed E-state index contributed by atoms with van der Waals surface area (Å²) in [5, 5.41) is 2.62. The first-order valence-corrected chi connectivity index (χ1v) is 4.45. The molecule has 5 nitrogen and oxygen atoms in total. The van der Waals surface area contributed by atoms with E-state index in [1.807, 2.05) is 0 Å². The van der Waals surface area contributed by atoms with E-state index in [0.29, 0.717) is 16.8 Å². The van der Waals surface area contributed by atoms with Crippen molar-refractivity contribution in [3.63, 3.8) is 0 Å². The molecule has 2 aromatic rings. The van der Waals surface area contributed by atoms with Crippen LogP contribution in [-0.4, -0.2) is 10.5 Å². The number of fused-ring (bicyclic) bond motifs is 1. The van der Waals surface area contributed by atoms with Gasteiger partial charge in [-0.2, -0.15) is 0 Å². The first kappa shape index (κ1) is 9.51. The predicted octanol–water partition coefficient (Wildman–Crippen LogP) is 1.09. The molecule has 15 heavy (non-hydrogen) atoms. The third-order valence-corrected chi connectivity index (χ3v) is 2.11. The van der Waals surface area contributed by atoms with Gasteiger partial charge in [-0.1, -0.05) is 0 Å². The SMILES string of the molecule is CC(=O)Nc1ccc2c(c1)oc(=O)n2C. The molecule has 0 aliphatic rings. The smallest absolute Gasteiger partial charge is 0.408 e. The molecule has 0 saturated carbocycles. The number of carbonyl (C=O) groups excluding carboxylic acids is 1. The van der Waals surface area contributed by atoms with Gasteiger partial charge in [-0.05, 0) is 12.1 Å². The number of rotatable bonds is 1. The Morgan fingerprint density at radius 3 is 2.87 bits per heavy atom. The molecule has 0 aliphatic carbocycles. The van der Waals surface area contributed by atoms with E-state index in [1.54, 1.807) is 25.2 Å². The zero-order chi connectivity index (χ0) is 11.0. The normalized spacial score (nSPS) is 10.5. The van der Waals surface area contributed by atoms with Crippen molar-refractivity contribution in [1.29, 1.82) is 0 Å². The Kier molecular flexibility index (Phi) is 2.07. The number of amides is 1. The highest BCUT2D eigenvalue weighted by Crippen LogP contribution is 2.17. The number of aromatic nitrogens is 1. The average Bonchev–Trinajstić information content (AvgIpc) is 2.41. The van der Waals surface area contributed by atoms with Crippen molar-refractivity contribution in [2.45, 2.75) is 6.92 Å². The highest BCUT2D eigenvalue weighted by atomic mass is 16.4. The Morgan fingerprint density at radius 1 is 1.47 bits per heavy atom. The van der Waals surface area contributed by atoms with Gasteiger partial charge in [0.15, 0.2) is 5.58 Å². The highest BCUT2D eigenvalue weighted by molar-refractivity contribution is 5.91. The molecule has 0 radical (unpaired) electrons. The molecule has 5 heteroatoms. The lowest BCUT2D eigenvalue weighted by Crippen LogP contribution is -2.08. The van der Waals surface area contributed by atoms with E-state index in [9.17, 15) is 9.59 Å². The number of hydrogen-bond donors (Lipinski definition) is 1. The van der Waals surface area contributed by atoms with E-state index < -0.39 is 5.76 Å². The number of nitrogens with one attached hydrogen (secondary N) is 1. The molecule has 0 aliphatic heterocycles. The Morgan fingerprint density at radius 2 is 2.20 bits per heavy atom. The zero-order valence-electron chi connectivity index (χ0n) is 8.40. The van der Waals surface area contributed by atoms with Crippen LogP contribution in [0.4, 0.5) is 5.69 Å². The maximum Gasteiger partial charge on any atom is 0.419 e. The van der Waals surface area contributed by atoms with Crippen molar-refractivity contribution < 1.29 is 9.21 Å². The van der Waals surface area contributed by atoms with Crippen LogP contribution in [0.25, 0.3) is 11.1 Å². The maximum atomic E-state index is 11.2. The van der Waals surface area contributed by atoms with E-state index in [0.717, 1.165) is 0 Å². The second-order valence-corrected chi connectivity index (χ2v) is 3.29. The molecule has 1 amide bonds. The van der Waals surface area contributed by atoms with E-state index in [2.05, 4.69) is 5.32 Å². The minimum Gasteiger partial charge on any atom is -0.408 e. The van der Waals surface area contributed by atoms with Crippen LogP contribution < -0.4 is 11.1 Å². The van der Waals surface area contributed by atoms with Gasteiger partial charge in [0.1, 0.15) is 0 Å². The summed E-state index contributed by atoms with van der Waals surface area (Å²) in [7, 11) is 1.63. The van der Waals surface area contributed by atoms with E-state index >= 15 is 0 Å². The summed E-state index contributed by atoms with van der Waals surface area (Å²) < 4.78 is 6.39. The van der Waals surface area contributed by atoms with Crippen LogP contribution in [0.5, 0.6) is 0 Å². The van der Waals surface area contributed by atoms with Crippen molar-refractivity contribution in [3.8, 4) is 0 Å². The Labute approximate surface area is 85.3 Å². The lowest BCUT2D eigenvalue weighted by Gasteiger charge is -2.00. The molecule has 0 atom stereocenters. The monoisotopic (exact) mass is 206 g/mol. The lowest BCUT2D eigenvalue weighted by molar-refractivity contribution is -0.114. The fourth-order valence-electron chi connectivity index (χ4n) is 1.41. The minimum absolute atomic E-state index is 0.160. The molecular weight excluding hydrogens is 196 g/mol. The molecule has 0 fully saturated rings. The Bertz CT molecular complexity index is 580. The van der Waals surface area contributed by atoms with Crippen molar-refractivity contribution in [1.82, 2.24) is 4.57 Å². The Hall–Kier alpha value is -2.04. The molecule has 78 valence electrons. The van der Waals surface area contributed by atoms with Crippen molar-refractivity contribution in [2.24, 2.45) is 7.05 Å². The second-order valence-electron chi connectivity index (χ2n) is 3.29.